The van der Waals surface area contributed by atoms with Crippen LogP contribution in [0.3, 0.4) is 0 Å². The van der Waals surface area contributed by atoms with Gasteiger partial charge in [-0.15, -0.1) is 0 Å². The Morgan fingerprint density at radius 1 is 0.727 bits per heavy atom. The molecule has 0 heterocycles. The number of hydrogen-bond acceptors (Lipinski definition) is 2. The molecular weight excluding hydrogens is 367 g/mol. The Bertz CT molecular complexity index is 420. The van der Waals surface area contributed by atoms with Crippen molar-refractivity contribution in [1.29, 1.82) is 0 Å². The zero-order valence-corrected chi connectivity index (χ0v) is 11.9. The van der Waals surface area contributed by atoms with E-state index >= 15 is 0 Å². The van der Waals surface area contributed by atoms with Crippen LogP contribution in [0.5, 0.6) is 0 Å². The molecule has 0 saturated carbocycles. The normalized spacial score (nSPS) is 14.8. The molecule has 0 saturated heterocycles. The first-order chi connectivity index (χ1) is 8.89. The average Bonchev–Trinajstić information content (AvgIpc) is 2.27. The summed E-state index contributed by atoms with van der Waals surface area (Å²) in [7, 11) is 0. The van der Waals surface area contributed by atoms with Crippen LogP contribution in [0, 0.1) is 0 Å². The summed E-state index contributed by atoms with van der Waals surface area (Å²) >= 11 is 0. The molecule has 22 heavy (non-hydrogen) atoms. The number of hydrogen-bond donors (Lipinski definition) is 0. The Morgan fingerprint density at radius 3 is 1.27 bits per heavy atom. The first-order valence-electron chi connectivity index (χ1n) is 4.27. The Labute approximate surface area is 134 Å². The van der Waals surface area contributed by atoms with E-state index in [0.29, 0.717) is 0 Å². The van der Waals surface area contributed by atoms with E-state index in [1.54, 1.807) is 0 Å². The minimum Gasteiger partial charge on any atom is -0.544 e. The van der Waals surface area contributed by atoms with Crippen molar-refractivity contribution >= 4 is 5.97 Å². The van der Waals surface area contributed by atoms with E-state index in [4.69, 9.17) is 0 Å². The van der Waals surface area contributed by atoms with Crippen LogP contribution in [0.1, 0.15) is 0 Å². The van der Waals surface area contributed by atoms with Crippen molar-refractivity contribution in [2.45, 2.75) is 36.0 Å². The van der Waals surface area contributed by atoms with Gasteiger partial charge < -0.3 is 9.90 Å². The number of carbonyl (C=O) groups excluding carboxylic acids is 1. The second-order valence-electron chi connectivity index (χ2n) is 3.51. The van der Waals surface area contributed by atoms with Gasteiger partial charge >= 0.3 is 65.6 Å². The molecule has 0 aliphatic rings. The van der Waals surface area contributed by atoms with E-state index in [9.17, 15) is 62.6 Å². The summed E-state index contributed by atoms with van der Waals surface area (Å²) in [6, 6.07) is 0. The fourth-order valence-corrected chi connectivity index (χ4v) is 0.869. The summed E-state index contributed by atoms with van der Waals surface area (Å²) in [6.45, 7) is 0. The van der Waals surface area contributed by atoms with Gasteiger partial charge in [0.15, 0.2) is 0 Å². The van der Waals surface area contributed by atoms with Crippen molar-refractivity contribution < 1.29 is 92.1 Å². The summed E-state index contributed by atoms with van der Waals surface area (Å²) < 4.78 is 147. The monoisotopic (exact) mass is 368 g/mol. The molecule has 0 amide bonds. The molecule has 0 aliphatic heterocycles. The Balaban J connectivity index is 0. The summed E-state index contributed by atoms with van der Waals surface area (Å²) in [5.41, 5.74) is 0. The molecule has 0 bridgehead atoms. The van der Waals surface area contributed by atoms with Crippen molar-refractivity contribution in [1.82, 2.24) is 0 Å². The molecule has 0 aromatic heterocycles. The molecule has 0 unspecified atom stereocenters. The number of rotatable bonds is 6. The van der Waals surface area contributed by atoms with Gasteiger partial charge in [-0.1, -0.05) is 0 Å². The maximum Gasteiger partial charge on any atom is 1.00 e. The van der Waals surface area contributed by atoms with Crippen molar-refractivity contribution in [3.8, 4) is 0 Å². The van der Waals surface area contributed by atoms with Gasteiger partial charge in [0.2, 0.25) is 0 Å². The van der Waals surface area contributed by atoms with Gasteiger partial charge in [0.25, 0.3) is 0 Å². The quantitative estimate of drug-likeness (QED) is 0.454. The number of halogens is 12. The number of alkyl halides is 12. The van der Waals surface area contributed by atoms with Crippen molar-refractivity contribution in [2.75, 3.05) is 0 Å². The smallest absolute Gasteiger partial charge is 0.544 e. The molecule has 126 valence electrons. The molecule has 0 aliphatic carbocycles. The van der Waals surface area contributed by atoms with E-state index in [0.717, 1.165) is 0 Å². The summed E-state index contributed by atoms with van der Waals surface area (Å²) in [5.74, 6) is -41.7. The minimum atomic E-state index is -7.84. The van der Waals surface area contributed by atoms with Crippen molar-refractivity contribution in [3.63, 3.8) is 0 Å². The predicted octanol–water partition coefficient (Wildman–Crippen LogP) is -0.818. The summed E-state index contributed by atoms with van der Waals surface area (Å²) in [4.78, 5) is 9.57. The van der Waals surface area contributed by atoms with E-state index in [1.807, 2.05) is 0 Å². The first-order valence-corrected chi connectivity index (χ1v) is 4.27. The first kappa shape index (κ1) is 23.9. The molecular formula is C7HF12NaO2. The zero-order chi connectivity index (χ0) is 17.7. The second-order valence-corrected chi connectivity index (χ2v) is 3.51. The number of carboxylic acids is 1. The third-order valence-electron chi connectivity index (χ3n) is 2.13. The van der Waals surface area contributed by atoms with Gasteiger partial charge in [0, 0.05) is 0 Å². The van der Waals surface area contributed by atoms with Crippen LogP contribution >= 0.6 is 0 Å². The molecule has 0 fully saturated rings. The van der Waals surface area contributed by atoms with Crippen LogP contribution in [0.15, 0.2) is 0 Å². The van der Waals surface area contributed by atoms with Crippen LogP contribution in [0.25, 0.3) is 0 Å². The molecule has 2 nitrogen and oxygen atoms in total. The van der Waals surface area contributed by atoms with Crippen LogP contribution in [0.4, 0.5) is 52.7 Å². The van der Waals surface area contributed by atoms with Gasteiger partial charge in [-0.05, 0) is 0 Å². The number of carbonyl (C=O) groups is 1. The molecule has 0 rings (SSSR count). The van der Waals surface area contributed by atoms with Crippen molar-refractivity contribution in [3.05, 3.63) is 0 Å². The molecule has 0 radical (unpaired) electrons. The van der Waals surface area contributed by atoms with E-state index in [2.05, 4.69) is 0 Å². The number of carboxylic acid groups (broad SMARTS) is 1. The third-order valence-corrected chi connectivity index (χ3v) is 2.13. The van der Waals surface area contributed by atoms with E-state index in [-0.39, 0.29) is 29.6 Å². The molecule has 0 spiro atoms. The van der Waals surface area contributed by atoms with Gasteiger partial charge in [-0.25, -0.2) is 8.78 Å². The van der Waals surface area contributed by atoms with Gasteiger partial charge in [0.05, 0.1) is 0 Å². The maximum atomic E-state index is 12.6. The largest absolute Gasteiger partial charge is 1.00 e. The molecule has 0 aromatic carbocycles. The van der Waals surface area contributed by atoms with Crippen LogP contribution in [-0.2, 0) is 4.79 Å². The van der Waals surface area contributed by atoms with Crippen molar-refractivity contribution in [2.24, 2.45) is 0 Å². The molecule has 0 N–H and O–H groups in total. The van der Waals surface area contributed by atoms with Gasteiger partial charge in [0.1, 0.15) is 5.97 Å². The standard InChI is InChI=1S/C7H2F12O2.Na/c8-1(9)3(10,11)5(14,15)7(18,19)6(16,17)4(12,13)2(20)21;/h1H,(H,20,21);/q;+1/p-1. The predicted molar refractivity (Wildman–Crippen MR) is 35.7 cm³/mol. The summed E-state index contributed by atoms with van der Waals surface area (Å²) in [6.07, 6.45) is -5.63. The molecule has 15 heteroatoms. The zero-order valence-electron chi connectivity index (χ0n) is 9.93. The molecule has 0 aromatic rings. The SMILES string of the molecule is O=C([O-])C(F)(F)C(F)(F)C(F)(F)C(F)(F)C(F)(F)C(F)F.[Na+]. The minimum absolute atomic E-state index is 0. The average molecular weight is 368 g/mol. The fourth-order valence-electron chi connectivity index (χ4n) is 0.869. The Morgan fingerprint density at radius 2 is 1.05 bits per heavy atom. The van der Waals surface area contributed by atoms with Crippen LogP contribution in [-0.4, -0.2) is 42.0 Å². The second kappa shape index (κ2) is 6.26. The third kappa shape index (κ3) is 3.00. The van der Waals surface area contributed by atoms with E-state index in [1.165, 1.54) is 0 Å². The van der Waals surface area contributed by atoms with Gasteiger partial charge in [-0.2, -0.15) is 43.9 Å². The van der Waals surface area contributed by atoms with Crippen LogP contribution < -0.4 is 34.7 Å². The van der Waals surface area contributed by atoms with Gasteiger partial charge in [-0.3, -0.25) is 0 Å². The maximum absolute atomic E-state index is 12.6. The fraction of sp³-hybridized carbons (Fsp3) is 0.857. The Hall–Kier alpha value is -0.370. The Kier molecular flexibility index (Phi) is 6.80. The topological polar surface area (TPSA) is 40.1 Å². The summed E-state index contributed by atoms with van der Waals surface area (Å²) in [5, 5.41) is 9.57. The van der Waals surface area contributed by atoms with Crippen LogP contribution in [0.2, 0.25) is 0 Å². The number of aliphatic carboxylic acids is 1. The van der Waals surface area contributed by atoms with E-state index < -0.39 is 42.0 Å². The molecule has 0 atom stereocenters.